The van der Waals surface area contributed by atoms with Gasteiger partial charge in [0.15, 0.2) is 5.13 Å². The molecule has 0 aromatic carbocycles. The van der Waals surface area contributed by atoms with Crippen LogP contribution in [0.25, 0.3) is 5.65 Å². The quantitative estimate of drug-likeness (QED) is 0.781. The van der Waals surface area contributed by atoms with Crippen molar-refractivity contribution in [1.82, 2.24) is 14.4 Å². The molecular weight excluding hydrogens is 248 g/mol. The molecule has 0 aliphatic heterocycles. The van der Waals surface area contributed by atoms with Crippen molar-refractivity contribution in [3.8, 4) is 0 Å². The molecule has 0 aliphatic carbocycles. The Bertz CT molecular complexity index is 641. The maximum Gasteiger partial charge on any atom is 0.232 e. The van der Waals surface area contributed by atoms with E-state index in [4.69, 9.17) is 0 Å². The highest BCUT2D eigenvalue weighted by atomic mass is 32.1. The van der Waals surface area contributed by atoms with Crippen LogP contribution < -0.4 is 5.32 Å². The zero-order valence-corrected chi connectivity index (χ0v) is 10.2. The molecule has 3 heterocycles. The van der Waals surface area contributed by atoms with E-state index < -0.39 is 0 Å². The van der Waals surface area contributed by atoms with Crippen LogP contribution in [0.5, 0.6) is 0 Å². The predicted molar refractivity (Wildman–Crippen MR) is 69.6 cm³/mol. The van der Waals surface area contributed by atoms with E-state index in [9.17, 15) is 4.79 Å². The second-order valence-electron chi connectivity index (χ2n) is 3.76. The van der Waals surface area contributed by atoms with E-state index in [1.54, 1.807) is 6.20 Å². The Labute approximate surface area is 107 Å². The third kappa shape index (κ3) is 2.23. The van der Waals surface area contributed by atoms with Crippen LogP contribution in [0.15, 0.2) is 42.2 Å². The van der Waals surface area contributed by atoms with Gasteiger partial charge in [-0.05, 0) is 12.1 Å². The van der Waals surface area contributed by atoms with Crippen molar-refractivity contribution in [2.75, 3.05) is 5.32 Å². The number of amides is 1. The van der Waals surface area contributed by atoms with Crippen LogP contribution >= 0.6 is 11.3 Å². The first kappa shape index (κ1) is 10.9. The average molecular weight is 258 g/mol. The molecule has 0 saturated heterocycles. The van der Waals surface area contributed by atoms with Crippen LogP contribution in [0.4, 0.5) is 5.13 Å². The Hall–Kier alpha value is -2.21. The number of rotatable bonds is 3. The zero-order chi connectivity index (χ0) is 12.4. The second-order valence-corrected chi connectivity index (χ2v) is 4.66. The van der Waals surface area contributed by atoms with Crippen molar-refractivity contribution in [2.45, 2.75) is 6.42 Å². The monoisotopic (exact) mass is 258 g/mol. The van der Waals surface area contributed by atoms with Gasteiger partial charge in [-0.25, -0.2) is 9.97 Å². The lowest BCUT2D eigenvalue weighted by atomic mass is 10.3. The molecule has 5 nitrogen and oxygen atoms in total. The first-order chi connectivity index (χ1) is 8.81. The van der Waals surface area contributed by atoms with Crippen LogP contribution in [0.3, 0.4) is 0 Å². The Morgan fingerprint density at radius 2 is 2.39 bits per heavy atom. The third-order valence-electron chi connectivity index (χ3n) is 2.43. The summed E-state index contributed by atoms with van der Waals surface area (Å²) in [5, 5.41) is 5.17. The maximum absolute atomic E-state index is 11.8. The lowest BCUT2D eigenvalue weighted by Gasteiger charge is -1.98. The smallest absolute Gasteiger partial charge is 0.232 e. The van der Waals surface area contributed by atoms with E-state index >= 15 is 0 Å². The summed E-state index contributed by atoms with van der Waals surface area (Å²) in [4.78, 5) is 20.1. The number of pyridine rings is 1. The lowest BCUT2D eigenvalue weighted by Crippen LogP contribution is -2.14. The molecule has 90 valence electrons. The number of carbonyl (C=O) groups is 1. The Kier molecular flexibility index (Phi) is 2.77. The number of hydrogen-bond donors (Lipinski definition) is 1. The Morgan fingerprint density at radius 1 is 1.44 bits per heavy atom. The van der Waals surface area contributed by atoms with Crippen LogP contribution in [-0.2, 0) is 11.2 Å². The molecule has 6 heteroatoms. The molecule has 3 rings (SSSR count). The minimum Gasteiger partial charge on any atom is -0.307 e. The maximum atomic E-state index is 11.8. The second kappa shape index (κ2) is 4.58. The van der Waals surface area contributed by atoms with Crippen molar-refractivity contribution in [1.29, 1.82) is 0 Å². The molecule has 1 N–H and O–H groups in total. The molecule has 1 amide bonds. The van der Waals surface area contributed by atoms with Gasteiger partial charge in [-0.2, -0.15) is 0 Å². The van der Waals surface area contributed by atoms with Gasteiger partial charge >= 0.3 is 0 Å². The summed E-state index contributed by atoms with van der Waals surface area (Å²) in [5.74, 6) is -0.103. The number of carbonyl (C=O) groups excluding carboxylic acids is 1. The van der Waals surface area contributed by atoms with Crippen LogP contribution in [-0.4, -0.2) is 20.3 Å². The first-order valence-corrected chi connectivity index (χ1v) is 6.31. The molecule has 0 bridgehead atoms. The first-order valence-electron chi connectivity index (χ1n) is 5.43. The fourth-order valence-corrected chi connectivity index (χ4v) is 2.23. The molecule has 0 atom stereocenters. The summed E-state index contributed by atoms with van der Waals surface area (Å²) in [6.07, 6.45) is 5.67. The van der Waals surface area contributed by atoms with Gasteiger partial charge in [-0.3, -0.25) is 4.79 Å². The molecule has 3 aromatic rings. The standard InChI is InChI=1S/C12H10N4OS/c17-11(15-12-13-4-6-18-12)7-9-8-16-5-2-1-3-10(16)14-9/h1-6,8H,7H2,(H,13,15,17). The summed E-state index contributed by atoms with van der Waals surface area (Å²) in [7, 11) is 0. The van der Waals surface area contributed by atoms with E-state index in [1.165, 1.54) is 11.3 Å². The van der Waals surface area contributed by atoms with Gasteiger partial charge < -0.3 is 9.72 Å². The number of nitrogens with one attached hydrogen (secondary N) is 1. The minimum atomic E-state index is -0.103. The van der Waals surface area contributed by atoms with Crippen molar-refractivity contribution in [3.63, 3.8) is 0 Å². The van der Waals surface area contributed by atoms with E-state index in [-0.39, 0.29) is 12.3 Å². The summed E-state index contributed by atoms with van der Waals surface area (Å²) in [6, 6.07) is 5.75. The Balaban J connectivity index is 1.74. The highest BCUT2D eigenvalue weighted by Crippen LogP contribution is 2.11. The van der Waals surface area contributed by atoms with Crippen LogP contribution in [0, 0.1) is 0 Å². The fraction of sp³-hybridized carbons (Fsp3) is 0.0833. The van der Waals surface area contributed by atoms with Crippen LogP contribution in [0.1, 0.15) is 5.69 Å². The Morgan fingerprint density at radius 3 is 3.17 bits per heavy atom. The molecular formula is C12H10N4OS. The molecule has 0 radical (unpaired) electrons. The van der Waals surface area contributed by atoms with Gasteiger partial charge in [0.1, 0.15) is 5.65 Å². The van der Waals surface area contributed by atoms with Gasteiger partial charge in [0, 0.05) is 24.0 Å². The molecule has 0 unspecified atom stereocenters. The number of nitrogens with zero attached hydrogens (tertiary/aromatic N) is 3. The highest BCUT2D eigenvalue weighted by molar-refractivity contribution is 7.13. The topological polar surface area (TPSA) is 59.3 Å². The molecule has 0 aliphatic rings. The van der Waals surface area contributed by atoms with E-state index in [2.05, 4.69) is 15.3 Å². The number of anilines is 1. The van der Waals surface area contributed by atoms with Crippen LogP contribution in [0.2, 0.25) is 0 Å². The van der Waals surface area contributed by atoms with E-state index in [0.29, 0.717) is 5.13 Å². The third-order valence-corrected chi connectivity index (χ3v) is 3.12. The molecule has 18 heavy (non-hydrogen) atoms. The largest absolute Gasteiger partial charge is 0.307 e. The van der Waals surface area contributed by atoms with Crippen molar-refractivity contribution >= 4 is 28.0 Å². The summed E-state index contributed by atoms with van der Waals surface area (Å²) in [6.45, 7) is 0. The summed E-state index contributed by atoms with van der Waals surface area (Å²) >= 11 is 1.40. The molecule has 0 spiro atoms. The molecule has 0 fully saturated rings. The summed E-state index contributed by atoms with van der Waals surface area (Å²) in [5.41, 5.74) is 1.59. The van der Waals surface area contributed by atoms with Gasteiger partial charge in [0.05, 0.1) is 12.1 Å². The van der Waals surface area contributed by atoms with Gasteiger partial charge in [-0.15, -0.1) is 11.3 Å². The molecule has 0 saturated carbocycles. The zero-order valence-electron chi connectivity index (χ0n) is 9.41. The van der Waals surface area contributed by atoms with Gasteiger partial charge in [0.25, 0.3) is 0 Å². The van der Waals surface area contributed by atoms with Crippen molar-refractivity contribution in [2.24, 2.45) is 0 Å². The lowest BCUT2D eigenvalue weighted by molar-refractivity contribution is -0.115. The number of hydrogen-bond acceptors (Lipinski definition) is 4. The number of thiazole rings is 1. The summed E-state index contributed by atoms with van der Waals surface area (Å²) < 4.78 is 1.89. The molecule has 3 aromatic heterocycles. The minimum absolute atomic E-state index is 0.103. The van der Waals surface area contributed by atoms with Crippen molar-refractivity contribution in [3.05, 3.63) is 47.9 Å². The van der Waals surface area contributed by atoms with Gasteiger partial charge in [0.2, 0.25) is 5.91 Å². The predicted octanol–water partition coefficient (Wildman–Crippen LogP) is 1.97. The highest BCUT2D eigenvalue weighted by Gasteiger charge is 2.08. The van der Waals surface area contributed by atoms with E-state index in [1.807, 2.05) is 40.4 Å². The van der Waals surface area contributed by atoms with Gasteiger partial charge in [-0.1, -0.05) is 6.07 Å². The van der Waals surface area contributed by atoms with E-state index in [0.717, 1.165) is 11.3 Å². The average Bonchev–Trinajstić information content (AvgIpc) is 2.96. The number of fused-ring (bicyclic) bond motifs is 1. The SMILES string of the molecule is O=C(Cc1cn2ccccc2n1)Nc1nccs1. The normalized spacial score (nSPS) is 10.7. The fourth-order valence-electron chi connectivity index (χ4n) is 1.69. The van der Waals surface area contributed by atoms with Crippen molar-refractivity contribution < 1.29 is 4.79 Å². The number of imidazole rings is 1. The number of aromatic nitrogens is 3.